The number of hydrogen-bond donors (Lipinski definition) is 3. The Kier molecular flexibility index (Phi) is 48.6. The number of carbonyl (C=O) groups excluding carboxylic acids is 2. The van der Waals surface area contributed by atoms with E-state index < -0.39 is 12.1 Å². The Morgan fingerprint density at radius 2 is 0.833 bits per heavy atom. The maximum atomic E-state index is 12.4. The first-order valence-electron chi connectivity index (χ1n) is 26.6. The van der Waals surface area contributed by atoms with Crippen LogP contribution in [0.2, 0.25) is 0 Å². The van der Waals surface area contributed by atoms with E-state index in [0.717, 1.165) is 57.8 Å². The first-order chi connectivity index (χ1) is 29.5. The van der Waals surface area contributed by atoms with Crippen molar-refractivity contribution in [1.29, 1.82) is 0 Å². The molecule has 0 heterocycles. The van der Waals surface area contributed by atoms with Crippen molar-refractivity contribution in [2.45, 2.75) is 296 Å². The van der Waals surface area contributed by atoms with E-state index in [-0.39, 0.29) is 18.5 Å². The van der Waals surface area contributed by atoms with Crippen LogP contribution in [0.15, 0.2) is 24.3 Å². The molecule has 0 radical (unpaired) electrons. The molecule has 3 N–H and O–H groups in total. The van der Waals surface area contributed by atoms with Gasteiger partial charge < -0.3 is 20.3 Å². The van der Waals surface area contributed by atoms with Crippen molar-refractivity contribution in [3.8, 4) is 0 Å². The molecule has 6 nitrogen and oxygen atoms in total. The predicted octanol–water partition coefficient (Wildman–Crippen LogP) is 15.9. The van der Waals surface area contributed by atoms with Crippen LogP contribution < -0.4 is 5.32 Å². The van der Waals surface area contributed by atoms with Crippen LogP contribution in [0.1, 0.15) is 284 Å². The predicted molar refractivity (Wildman–Crippen MR) is 260 cm³/mol. The summed E-state index contributed by atoms with van der Waals surface area (Å²) < 4.78 is 5.47. The lowest BCUT2D eigenvalue weighted by molar-refractivity contribution is -0.143. The van der Waals surface area contributed by atoms with E-state index in [0.29, 0.717) is 25.9 Å². The average Bonchev–Trinajstić information content (AvgIpc) is 3.25. The summed E-state index contributed by atoms with van der Waals surface area (Å²) in [6.07, 6.45) is 58.6. The summed E-state index contributed by atoms with van der Waals surface area (Å²) in [5, 5.41) is 23.2. The van der Waals surface area contributed by atoms with Crippen molar-refractivity contribution >= 4 is 11.9 Å². The normalized spacial score (nSPS) is 12.8. The highest BCUT2D eigenvalue weighted by Crippen LogP contribution is 2.16. The van der Waals surface area contributed by atoms with Crippen LogP contribution >= 0.6 is 0 Å². The fraction of sp³-hybridized carbons (Fsp3) is 0.889. The van der Waals surface area contributed by atoms with E-state index in [2.05, 4.69) is 43.5 Å². The largest absolute Gasteiger partial charge is 0.466 e. The van der Waals surface area contributed by atoms with Gasteiger partial charge in [0.2, 0.25) is 5.91 Å². The molecule has 0 aromatic heterocycles. The van der Waals surface area contributed by atoms with Crippen LogP contribution in [0.3, 0.4) is 0 Å². The lowest BCUT2D eigenvalue weighted by atomic mass is 10.0. The maximum Gasteiger partial charge on any atom is 0.305 e. The van der Waals surface area contributed by atoms with E-state index >= 15 is 0 Å². The van der Waals surface area contributed by atoms with Gasteiger partial charge in [0.05, 0.1) is 25.4 Å². The second kappa shape index (κ2) is 50.0. The first kappa shape index (κ1) is 58.3. The molecule has 0 fully saturated rings. The number of hydrogen-bond acceptors (Lipinski definition) is 5. The van der Waals surface area contributed by atoms with Crippen LogP contribution in [0.4, 0.5) is 0 Å². The number of esters is 1. The molecular formula is C54H103NO5. The average molecular weight is 846 g/mol. The van der Waals surface area contributed by atoms with Crippen LogP contribution in [0.25, 0.3) is 0 Å². The third kappa shape index (κ3) is 45.9. The summed E-state index contributed by atoms with van der Waals surface area (Å²) in [5.74, 6) is -0.0615. The molecule has 0 saturated heterocycles. The number of nitrogens with one attached hydrogen (secondary N) is 1. The van der Waals surface area contributed by atoms with Gasteiger partial charge in [-0.15, -0.1) is 0 Å². The Bertz CT molecular complexity index is 935. The second-order valence-corrected chi connectivity index (χ2v) is 18.2. The van der Waals surface area contributed by atoms with Gasteiger partial charge in [-0.1, -0.05) is 237 Å². The fourth-order valence-electron chi connectivity index (χ4n) is 8.14. The van der Waals surface area contributed by atoms with Gasteiger partial charge in [0.15, 0.2) is 0 Å². The Morgan fingerprint density at radius 1 is 0.467 bits per heavy atom. The molecule has 60 heavy (non-hydrogen) atoms. The second-order valence-electron chi connectivity index (χ2n) is 18.2. The molecular weight excluding hydrogens is 743 g/mol. The van der Waals surface area contributed by atoms with Crippen molar-refractivity contribution in [3.63, 3.8) is 0 Å². The monoisotopic (exact) mass is 846 g/mol. The van der Waals surface area contributed by atoms with Crippen LogP contribution in [-0.2, 0) is 14.3 Å². The SMILES string of the molecule is CCCCCC/C=C\C/C=C\CCCCCCCCCC(=O)OCCCCCCCCCCCCCCCC(=O)NC(CO)C(O)CCCCCCCCCCCCCC. The van der Waals surface area contributed by atoms with Crippen molar-refractivity contribution in [3.05, 3.63) is 24.3 Å². The van der Waals surface area contributed by atoms with Gasteiger partial charge in [0, 0.05) is 12.8 Å². The van der Waals surface area contributed by atoms with E-state index in [9.17, 15) is 19.8 Å². The Balaban J connectivity index is 3.44. The van der Waals surface area contributed by atoms with Crippen LogP contribution in [0.5, 0.6) is 0 Å². The molecule has 0 aromatic carbocycles. The van der Waals surface area contributed by atoms with Gasteiger partial charge >= 0.3 is 5.97 Å². The third-order valence-electron chi connectivity index (χ3n) is 12.3. The number of ether oxygens (including phenoxy) is 1. The zero-order valence-corrected chi connectivity index (χ0v) is 40.2. The quantitative estimate of drug-likeness (QED) is 0.0322. The smallest absolute Gasteiger partial charge is 0.305 e. The maximum absolute atomic E-state index is 12.4. The van der Waals surface area contributed by atoms with E-state index in [1.807, 2.05) is 0 Å². The molecule has 1 amide bonds. The van der Waals surface area contributed by atoms with Crippen molar-refractivity contribution in [1.82, 2.24) is 5.32 Å². The Morgan fingerprint density at radius 3 is 1.28 bits per heavy atom. The molecule has 0 aliphatic rings. The van der Waals surface area contributed by atoms with E-state index in [4.69, 9.17) is 4.74 Å². The topological polar surface area (TPSA) is 95.9 Å². The zero-order chi connectivity index (χ0) is 43.7. The molecule has 0 aliphatic carbocycles. The van der Waals surface area contributed by atoms with Gasteiger partial charge in [0.1, 0.15) is 0 Å². The Hall–Kier alpha value is -1.66. The summed E-state index contributed by atoms with van der Waals surface area (Å²) >= 11 is 0. The Labute approximate surface area is 373 Å². The number of amides is 1. The molecule has 0 saturated carbocycles. The molecule has 0 rings (SSSR count). The number of aliphatic hydroxyl groups excluding tert-OH is 2. The number of rotatable bonds is 49. The lowest BCUT2D eigenvalue weighted by Crippen LogP contribution is -2.45. The number of allylic oxidation sites excluding steroid dienone is 4. The first-order valence-corrected chi connectivity index (χ1v) is 26.6. The molecule has 2 atom stereocenters. The highest BCUT2D eigenvalue weighted by atomic mass is 16.5. The minimum absolute atomic E-state index is 0.0128. The number of carbonyl (C=O) groups is 2. The number of unbranched alkanes of at least 4 members (excludes halogenated alkanes) is 34. The minimum atomic E-state index is -0.672. The highest BCUT2D eigenvalue weighted by Gasteiger charge is 2.20. The van der Waals surface area contributed by atoms with Crippen molar-refractivity contribution < 1.29 is 24.5 Å². The standard InChI is InChI=1S/C54H103NO5/c1-3-5-7-9-11-13-15-17-18-19-20-21-24-28-32-36-40-44-48-54(59)60-49-45-41-37-33-29-25-22-23-27-31-35-39-43-47-53(58)55-51(50-56)52(57)46-42-38-34-30-26-16-14-12-10-8-6-4-2/h13,15,18-19,51-52,56-57H,3-12,14,16-17,20-50H2,1-2H3,(H,55,58)/b15-13-,19-18-. The molecule has 0 aliphatic heterocycles. The summed E-state index contributed by atoms with van der Waals surface area (Å²) in [6, 6.07) is -0.550. The molecule has 0 aromatic rings. The van der Waals surface area contributed by atoms with Gasteiger partial charge in [-0.2, -0.15) is 0 Å². The van der Waals surface area contributed by atoms with Crippen LogP contribution in [-0.4, -0.2) is 47.4 Å². The molecule has 2 unspecified atom stereocenters. The molecule has 6 heteroatoms. The number of aliphatic hydroxyl groups is 2. The van der Waals surface area contributed by atoms with Gasteiger partial charge in [0.25, 0.3) is 0 Å². The van der Waals surface area contributed by atoms with E-state index in [1.54, 1.807) is 0 Å². The molecule has 0 spiro atoms. The van der Waals surface area contributed by atoms with E-state index in [1.165, 1.54) is 193 Å². The minimum Gasteiger partial charge on any atom is -0.466 e. The highest BCUT2D eigenvalue weighted by molar-refractivity contribution is 5.76. The lowest BCUT2D eigenvalue weighted by Gasteiger charge is -2.22. The van der Waals surface area contributed by atoms with Gasteiger partial charge in [-0.05, 0) is 57.8 Å². The van der Waals surface area contributed by atoms with Gasteiger partial charge in [-0.3, -0.25) is 9.59 Å². The summed E-state index contributed by atoms with van der Waals surface area (Å²) in [6.45, 7) is 4.90. The summed E-state index contributed by atoms with van der Waals surface area (Å²) in [7, 11) is 0. The summed E-state index contributed by atoms with van der Waals surface area (Å²) in [5.41, 5.74) is 0. The molecule has 354 valence electrons. The van der Waals surface area contributed by atoms with Crippen molar-refractivity contribution in [2.24, 2.45) is 0 Å². The summed E-state index contributed by atoms with van der Waals surface area (Å²) in [4.78, 5) is 24.5. The van der Waals surface area contributed by atoms with Crippen LogP contribution in [0, 0.1) is 0 Å². The van der Waals surface area contributed by atoms with Crippen molar-refractivity contribution in [2.75, 3.05) is 13.2 Å². The third-order valence-corrected chi connectivity index (χ3v) is 12.3. The fourth-order valence-corrected chi connectivity index (χ4v) is 8.14. The molecule has 0 bridgehead atoms. The van der Waals surface area contributed by atoms with Gasteiger partial charge in [-0.25, -0.2) is 0 Å². The zero-order valence-electron chi connectivity index (χ0n) is 40.2.